The summed E-state index contributed by atoms with van der Waals surface area (Å²) in [6.07, 6.45) is 2.93. The van der Waals surface area contributed by atoms with Crippen molar-refractivity contribution in [2.45, 2.75) is 32.4 Å². The van der Waals surface area contributed by atoms with Gasteiger partial charge in [0.1, 0.15) is 11.2 Å². The number of amides is 1. The number of halogens is 1. The van der Waals surface area contributed by atoms with E-state index in [1.54, 1.807) is 11.3 Å². The van der Waals surface area contributed by atoms with Gasteiger partial charge in [0.2, 0.25) is 6.79 Å². The van der Waals surface area contributed by atoms with E-state index in [-0.39, 0.29) is 18.9 Å². The van der Waals surface area contributed by atoms with E-state index in [0.29, 0.717) is 11.7 Å². The van der Waals surface area contributed by atoms with Crippen molar-refractivity contribution in [2.24, 2.45) is 5.92 Å². The smallest absolute Gasteiger partial charge is 0.256 e. The Balaban J connectivity index is 1.52. The molecule has 1 aromatic heterocycles. The molecule has 3 heterocycles. The SMILES string of the molecule is C[C@H]1CCc2c(sc3c2C(=O)N[C@H](c2cc4c(cc2Br)OCO4)N3)C1. The third-order valence-electron chi connectivity index (χ3n) is 5.09. The monoisotopic (exact) mass is 420 g/mol. The number of carbonyl (C=O) groups is 1. The Morgan fingerprint density at radius 3 is 2.88 bits per heavy atom. The van der Waals surface area contributed by atoms with Gasteiger partial charge in [-0.05, 0) is 42.9 Å². The molecule has 2 aromatic rings. The summed E-state index contributed by atoms with van der Waals surface area (Å²) in [7, 11) is 0. The highest BCUT2D eigenvalue weighted by molar-refractivity contribution is 9.10. The van der Waals surface area contributed by atoms with Gasteiger partial charge in [-0.2, -0.15) is 0 Å². The fourth-order valence-corrected chi connectivity index (χ4v) is 5.76. The van der Waals surface area contributed by atoms with E-state index in [1.807, 2.05) is 12.1 Å². The second-order valence-corrected chi connectivity index (χ2v) is 8.79. The molecule has 7 heteroatoms. The van der Waals surface area contributed by atoms with Crippen LogP contribution in [0.5, 0.6) is 11.5 Å². The summed E-state index contributed by atoms with van der Waals surface area (Å²) >= 11 is 5.32. The number of hydrogen-bond donors (Lipinski definition) is 2. The molecule has 0 bridgehead atoms. The van der Waals surface area contributed by atoms with E-state index >= 15 is 0 Å². The van der Waals surface area contributed by atoms with Gasteiger partial charge in [0.15, 0.2) is 11.5 Å². The van der Waals surface area contributed by atoms with Crippen LogP contribution >= 0.6 is 27.3 Å². The van der Waals surface area contributed by atoms with Crippen molar-refractivity contribution in [3.8, 4) is 11.5 Å². The Morgan fingerprint density at radius 1 is 1.24 bits per heavy atom. The van der Waals surface area contributed by atoms with Gasteiger partial charge in [-0.1, -0.05) is 22.9 Å². The first-order valence-corrected chi connectivity index (χ1v) is 10.0. The molecule has 2 atom stereocenters. The van der Waals surface area contributed by atoms with Gasteiger partial charge in [0.05, 0.1) is 5.56 Å². The first-order valence-electron chi connectivity index (χ1n) is 8.41. The Labute approximate surface area is 157 Å². The van der Waals surface area contributed by atoms with Crippen LogP contribution in [0.3, 0.4) is 0 Å². The molecule has 0 saturated heterocycles. The average molecular weight is 421 g/mol. The van der Waals surface area contributed by atoms with Crippen molar-refractivity contribution in [2.75, 3.05) is 12.1 Å². The summed E-state index contributed by atoms with van der Waals surface area (Å²) in [5.41, 5.74) is 3.02. The van der Waals surface area contributed by atoms with E-state index in [2.05, 4.69) is 33.5 Å². The predicted molar refractivity (Wildman–Crippen MR) is 99.6 cm³/mol. The van der Waals surface area contributed by atoms with Crippen molar-refractivity contribution in [1.82, 2.24) is 5.32 Å². The molecule has 1 aliphatic carbocycles. The molecule has 5 nitrogen and oxygen atoms in total. The van der Waals surface area contributed by atoms with Gasteiger partial charge in [0, 0.05) is 14.9 Å². The first kappa shape index (κ1) is 15.5. The van der Waals surface area contributed by atoms with E-state index in [1.165, 1.54) is 10.4 Å². The van der Waals surface area contributed by atoms with Crippen molar-refractivity contribution in [3.05, 3.63) is 38.2 Å². The summed E-state index contributed by atoms with van der Waals surface area (Å²) in [5, 5.41) is 7.59. The number of carbonyl (C=O) groups excluding carboxylic acids is 1. The molecule has 2 N–H and O–H groups in total. The lowest BCUT2D eigenvalue weighted by Crippen LogP contribution is -2.38. The van der Waals surface area contributed by atoms with Crippen molar-refractivity contribution in [1.29, 1.82) is 0 Å². The number of benzene rings is 1. The van der Waals surface area contributed by atoms with Crippen LogP contribution in [0.4, 0.5) is 5.00 Å². The molecule has 1 amide bonds. The molecule has 0 spiro atoms. The number of nitrogens with one attached hydrogen (secondary N) is 2. The Kier molecular flexibility index (Phi) is 3.50. The highest BCUT2D eigenvalue weighted by atomic mass is 79.9. The maximum atomic E-state index is 12.8. The van der Waals surface area contributed by atoms with Crippen LogP contribution in [0.15, 0.2) is 16.6 Å². The fourth-order valence-electron chi connectivity index (χ4n) is 3.77. The summed E-state index contributed by atoms with van der Waals surface area (Å²) < 4.78 is 11.8. The van der Waals surface area contributed by atoms with E-state index in [0.717, 1.165) is 45.6 Å². The van der Waals surface area contributed by atoms with Crippen LogP contribution in [0.1, 0.15) is 45.9 Å². The average Bonchev–Trinajstić information content (AvgIpc) is 3.16. The molecule has 130 valence electrons. The number of anilines is 1. The minimum Gasteiger partial charge on any atom is -0.454 e. The molecule has 5 rings (SSSR count). The predicted octanol–water partition coefficient (Wildman–Crippen LogP) is 4.22. The zero-order valence-electron chi connectivity index (χ0n) is 13.6. The molecule has 25 heavy (non-hydrogen) atoms. The first-order chi connectivity index (χ1) is 12.1. The number of rotatable bonds is 1. The van der Waals surface area contributed by atoms with E-state index in [4.69, 9.17) is 9.47 Å². The van der Waals surface area contributed by atoms with Crippen LogP contribution in [0.25, 0.3) is 0 Å². The highest BCUT2D eigenvalue weighted by Crippen LogP contribution is 2.44. The van der Waals surface area contributed by atoms with Crippen LogP contribution in [0.2, 0.25) is 0 Å². The minimum absolute atomic E-state index is 0.00960. The van der Waals surface area contributed by atoms with Crippen molar-refractivity contribution >= 4 is 38.2 Å². The summed E-state index contributed by atoms with van der Waals surface area (Å²) in [5.74, 6) is 2.13. The largest absolute Gasteiger partial charge is 0.454 e. The van der Waals surface area contributed by atoms with Crippen LogP contribution in [-0.4, -0.2) is 12.7 Å². The molecule has 0 unspecified atom stereocenters. The van der Waals surface area contributed by atoms with Gasteiger partial charge in [-0.25, -0.2) is 0 Å². The molecule has 0 radical (unpaired) electrons. The lowest BCUT2D eigenvalue weighted by Gasteiger charge is -2.27. The van der Waals surface area contributed by atoms with Gasteiger partial charge < -0.3 is 20.1 Å². The number of thiophene rings is 1. The summed E-state index contributed by atoms with van der Waals surface area (Å²) in [6, 6.07) is 3.81. The zero-order valence-corrected chi connectivity index (χ0v) is 16.1. The van der Waals surface area contributed by atoms with Crippen molar-refractivity contribution in [3.63, 3.8) is 0 Å². The molecule has 0 saturated carbocycles. The Bertz CT molecular complexity index is 895. The van der Waals surface area contributed by atoms with Gasteiger partial charge in [-0.15, -0.1) is 11.3 Å². The standard InChI is InChI=1S/C18H17BrN2O3S/c1-8-2-3-9-14(4-8)25-18-15(9)17(22)20-16(21-18)10-5-12-13(6-11(10)19)24-7-23-12/h5-6,8,16,21H,2-4,7H2,1H3,(H,20,22)/t8-,16-/m0/s1. The quantitative estimate of drug-likeness (QED) is 0.724. The third kappa shape index (κ3) is 2.44. The molecule has 1 aromatic carbocycles. The number of hydrogen-bond acceptors (Lipinski definition) is 5. The number of fused-ring (bicyclic) bond motifs is 4. The summed E-state index contributed by atoms with van der Waals surface area (Å²) in [6.45, 7) is 2.51. The van der Waals surface area contributed by atoms with Crippen molar-refractivity contribution < 1.29 is 14.3 Å². The maximum absolute atomic E-state index is 12.8. The Morgan fingerprint density at radius 2 is 2.04 bits per heavy atom. The molecular weight excluding hydrogens is 404 g/mol. The van der Waals surface area contributed by atoms with Crippen LogP contribution < -0.4 is 20.1 Å². The molecule has 0 fully saturated rings. The Hall–Kier alpha value is -1.73. The topological polar surface area (TPSA) is 59.6 Å². The number of ether oxygens (including phenoxy) is 2. The molecule has 2 aliphatic heterocycles. The third-order valence-corrected chi connectivity index (χ3v) is 6.96. The highest BCUT2D eigenvalue weighted by Gasteiger charge is 2.34. The molecule has 3 aliphatic rings. The van der Waals surface area contributed by atoms with Crippen LogP contribution in [-0.2, 0) is 12.8 Å². The lowest BCUT2D eigenvalue weighted by atomic mass is 9.88. The second kappa shape index (κ2) is 5.64. The van der Waals surface area contributed by atoms with E-state index in [9.17, 15) is 4.79 Å². The van der Waals surface area contributed by atoms with Crippen LogP contribution in [0, 0.1) is 5.92 Å². The molecular formula is C18H17BrN2O3S. The zero-order chi connectivity index (χ0) is 17.1. The fraction of sp³-hybridized carbons (Fsp3) is 0.389. The van der Waals surface area contributed by atoms with Gasteiger partial charge in [0.25, 0.3) is 5.91 Å². The normalized spacial score (nSPS) is 23.5. The summed E-state index contributed by atoms with van der Waals surface area (Å²) in [4.78, 5) is 14.2. The minimum atomic E-state index is -0.290. The maximum Gasteiger partial charge on any atom is 0.256 e. The second-order valence-electron chi connectivity index (χ2n) is 6.83. The lowest BCUT2D eigenvalue weighted by molar-refractivity contribution is 0.0935. The van der Waals surface area contributed by atoms with E-state index < -0.39 is 0 Å². The van der Waals surface area contributed by atoms with Gasteiger partial charge >= 0.3 is 0 Å². The van der Waals surface area contributed by atoms with Gasteiger partial charge in [-0.3, -0.25) is 4.79 Å².